The SMILES string of the molecule is CCC1CCC(C)(C(NC(=O)c2cccc(Cl)c2Cl)c2ccccc2)N(C)C1. The van der Waals surface area contributed by atoms with Gasteiger partial charge in [0.1, 0.15) is 0 Å². The first kappa shape index (κ1) is 21.2. The van der Waals surface area contributed by atoms with Gasteiger partial charge in [-0.05, 0) is 50.4 Å². The van der Waals surface area contributed by atoms with Gasteiger partial charge >= 0.3 is 0 Å². The van der Waals surface area contributed by atoms with Crippen LogP contribution >= 0.6 is 23.2 Å². The summed E-state index contributed by atoms with van der Waals surface area (Å²) in [5, 5.41) is 3.95. The highest BCUT2D eigenvalue weighted by molar-refractivity contribution is 6.43. The zero-order chi connectivity index (χ0) is 20.3. The minimum atomic E-state index is -0.200. The molecule has 0 spiro atoms. The summed E-state index contributed by atoms with van der Waals surface area (Å²) in [6.07, 6.45) is 3.36. The van der Waals surface area contributed by atoms with E-state index in [1.807, 2.05) is 18.2 Å². The Balaban J connectivity index is 1.94. The van der Waals surface area contributed by atoms with E-state index >= 15 is 0 Å². The summed E-state index contributed by atoms with van der Waals surface area (Å²) in [5.74, 6) is 0.501. The molecule has 0 bridgehead atoms. The fourth-order valence-corrected chi connectivity index (χ4v) is 4.59. The Hall–Kier alpha value is -1.55. The molecule has 1 aliphatic rings. The summed E-state index contributed by atoms with van der Waals surface area (Å²) in [6.45, 7) is 5.53. The summed E-state index contributed by atoms with van der Waals surface area (Å²) in [6, 6.07) is 15.2. The van der Waals surface area contributed by atoms with Crippen LogP contribution in [0.25, 0.3) is 0 Å². The summed E-state index contributed by atoms with van der Waals surface area (Å²) >= 11 is 12.4. The van der Waals surface area contributed by atoms with Crippen molar-refractivity contribution < 1.29 is 4.79 Å². The average molecular weight is 419 g/mol. The van der Waals surface area contributed by atoms with Crippen molar-refractivity contribution in [1.29, 1.82) is 0 Å². The zero-order valence-corrected chi connectivity index (χ0v) is 18.2. The van der Waals surface area contributed by atoms with Gasteiger partial charge in [-0.1, -0.05) is 72.9 Å². The van der Waals surface area contributed by atoms with Gasteiger partial charge in [-0.25, -0.2) is 0 Å². The quantitative estimate of drug-likeness (QED) is 0.647. The average Bonchev–Trinajstić information content (AvgIpc) is 2.70. The van der Waals surface area contributed by atoms with Crippen molar-refractivity contribution in [1.82, 2.24) is 10.2 Å². The van der Waals surface area contributed by atoms with Gasteiger partial charge in [-0.3, -0.25) is 9.69 Å². The van der Waals surface area contributed by atoms with Crippen molar-refractivity contribution in [3.63, 3.8) is 0 Å². The number of carbonyl (C=O) groups is 1. The Morgan fingerprint density at radius 1 is 1.21 bits per heavy atom. The predicted octanol–water partition coefficient (Wildman–Crippen LogP) is 5.98. The Bertz CT molecular complexity index is 827. The maximum atomic E-state index is 13.1. The third-order valence-electron chi connectivity index (χ3n) is 6.27. The van der Waals surface area contributed by atoms with E-state index < -0.39 is 0 Å². The first-order valence-electron chi connectivity index (χ1n) is 9.88. The molecular formula is C23H28Cl2N2O. The van der Waals surface area contributed by atoms with E-state index in [1.165, 1.54) is 6.42 Å². The Kier molecular flexibility index (Phi) is 6.69. The molecule has 1 aliphatic heterocycles. The maximum absolute atomic E-state index is 13.1. The van der Waals surface area contributed by atoms with Gasteiger partial charge in [0, 0.05) is 12.1 Å². The molecule has 3 atom stereocenters. The molecule has 150 valence electrons. The molecule has 28 heavy (non-hydrogen) atoms. The smallest absolute Gasteiger partial charge is 0.253 e. The standard InChI is InChI=1S/C23H28Cl2N2O/c1-4-16-13-14-23(2,27(3)15-16)21(17-9-6-5-7-10-17)26-22(28)18-11-8-12-19(24)20(18)25/h5-12,16,21H,4,13-15H2,1-3H3,(H,26,28). The molecular weight excluding hydrogens is 391 g/mol. The fourth-order valence-electron chi connectivity index (χ4n) is 4.20. The van der Waals surface area contributed by atoms with Crippen LogP contribution in [-0.2, 0) is 0 Å². The molecule has 2 aromatic carbocycles. The van der Waals surface area contributed by atoms with Crippen LogP contribution < -0.4 is 5.32 Å². The number of hydrogen-bond donors (Lipinski definition) is 1. The van der Waals surface area contributed by atoms with Crippen LogP contribution in [0.5, 0.6) is 0 Å². The highest BCUT2D eigenvalue weighted by Crippen LogP contribution is 2.40. The molecule has 1 heterocycles. The molecule has 3 nitrogen and oxygen atoms in total. The number of piperidine rings is 1. The number of likely N-dealkylation sites (tertiary alicyclic amines) is 1. The number of halogens is 2. The lowest BCUT2D eigenvalue weighted by Crippen LogP contribution is -2.57. The minimum absolute atomic E-state index is 0.154. The van der Waals surface area contributed by atoms with Gasteiger partial charge in [0.15, 0.2) is 0 Å². The Labute approximate surface area is 178 Å². The van der Waals surface area contributed by atoms with E-state index in [-0.39, 0.29) is 17.5 Å². The van der Waals surface area contributed by atoms with Crippen LogP contribution in [0.3, 0.4) is 0 Å². The van der Waals surface area contributed by atoms with Gasteiger partial charge in [-0.15, -0.1) is 0 Å². The second-order valence-corrected chi connectivity index (χ2v) is 8.75. The first-order chi connectivity index (χ1) is 13.4. The van der Waals surface area contributed by atoms with Crippen LogP contribution in [-0.4, -0.2) is 29.9 Å². The highest BCUT2D eigenvalue weighted by atomic mass is 35.5. The molecule has 1 saturated heterocycles. The Morgan fingerprint density at radius 2 is 1.93 bits per heavy atom. The number of nitrogens with one attached hydrogen (secondary N) is 1. The van der Waals surface area contributed by atoms with Gasteiger partial charge in [0.2, 0.25) is 0 Å². The van der Waals surface area contributed by atoms with Crippen molar-refractivity contribution in [2.45, 2.75) is 44.7 Å². The van der Waals surface area contributed by atoms with Crippen LogP contribution in [0.1, 0.15) is 55.1 Å². The third-order valence-corrected chi connectivity index (χ3v) is 7.09. The largest absolute Gasteiger partial charge is 0.343 e. The van der Waals surface area contributed by atoms with Crippen LogP contribution in [0.15, 0.2) is 48.5 Å². The van der Waals surface area contributed by atoms with Gasteiger partial charge < -0.3 is 5.32 Å². The summed E-state index contributed by atoms with van der Waals surface area (Å²) in [7, 11) is 2.16. The van der Waals surface area contributed by atoms with Gasteiger partial charge in [0.25, 0.3) is 5.91 Å². The maximum Gasteiger partial charge on any atom is 0.253 e. The molecule has 3 unspecified atom stereocenters. The zero-order valence-electron chi connectivity index (χ0n) is 16.7. The van der Waals surface area contributed by atoms with Crippen molar-refractivity contribution in [2.24, 2.45) is 5.92 Å². The second-order valence-electron chi connectivity index (χ2n) is 7.97. The Morgan fingerprint density at radius 3 is 2.57 bits per heavy atom. The lowest BCUT2D eigenvalue weighted by Gasteiger charge is -2.50. The molecule has 0 aliphatic carbocycles. The fraction of sp³-hybridized carbons (Fsp3) is 0.435. The summed E-state index contributed by atoms with van der Waals surface area (Å²) in [5.41, 5.74) is 1.31. The molecule has 1 N–H and O–H groups in total. The van der Waals surface area contributed by atoms with Gasteiger partial charge in [-0.2, -0.15) is 0 Å². The first-order valence-corrected chi connectivity index (χ1v) is 10.6. The molecule has 0 saturated carbocycles. The predicted molar refractivity (Wildman–Crippen MR) is 117 cm³/mol. The van der Waals surface area contributed by atoms with E-state index in [2.05, 4.69) is 43.2 Å². The molecule has 0 aromatic heterocycles. The van der Waals surface area contributed by atoms with E-state index in [1.54, 1.807) is 18.2 Å². The van der Waals surface area contributed by atoms with Crippen molar-refractivity contribution in [3.8, 4) is 0 Å². The van der Waals surface area contributed by atoms with Crippen LogP contribution in [0.2, 0.25) is 10.0 Å². The molecule has 1 fully saturated rings. The monoisotopic (exact) mass is 418 g/mol. The number of hydrogen-bond acceptors (Lipinski definition) is 2. The molecule has 5 heteroatoms. The number of carbonyl (C=O) groups excluding carboxylic acids is 1. The number of amides is 1. The van der Waals surface area contributed by atoms with Crippen LogP contribution in [0, 0.1) is 5.92 Å². The van der Waals surface area contributed by atoms with Crippen molar-refractivity contribution in [3.05, 3.63) is 69.7 Å². The number of rotatable bonds is 5. The van der Waals surface area contributed by atoms with E-state index in [9.17, 15) is 4.79 Å². The summed E-state index contributed by atoms with van der Waals surface area (Å²) < 4.78 is 0. The number of likely N-dealkylation sites (N-methyl/N-ethyl adjacent to an activating group) is 1. The highest BCUT2D eigenvalue weighted by Gasteiger charge is 2.43. The third kappa shape index (κ3) is 4.22. The lowest BCUT2D eigenvalue weighted by molar-refractivity contribution is 0.0229. The van der Waals surface area contributed by atoms with E-state index in [0.29, 0.717) is 21.5 Å². The topological polar surface area (TPSA) is 32.3 Å². The lowest BCUT2D eigenvalue weighted by atomic mass is 9.75. The second kappa shape index (κ2) is 8.86. The van der Waals surface area contributed by atoms with Crippen molar-refractivity contribution >= 4 is 29.1 Å². The number of benzene rings is 2. The van der Waals surface area contributed by atoms with Crippen LogP contribution in [0.4, 0.5) is 0 Å². The molecule has 3 rings (SSSR count). The molecule has 2 aromatic rings. The minimum Gasteiger partial charge on any atom is -0.343 e. The number of nitrogens with zero attached hydrogens (tertiary/aromatic N) is 1. The van der Waals surface area contributed by atoms with E-state index in [4.69, 9.17) is 23.2 Å². The molecule has 0 radical (unpaired) electrons. The van der Waals surface area contributed by atoms with Gasteiger partial charge in [0.05, 0.1) is 21.7 Å². The molecule has 1 amide bonds. The summed E-state index contributed by atoms with van der Waals surface area (Å²) in [4.78, 5) is 15.5. The van der Waals surface area contributed by atoms with E-state index in [0.717, 1.165) is 24.9 Å². The van der Waals surface area contributed by atoms with Crippen molar-refractivity contribution in [2.75, 3.05) is 13.6 Å². The normalized spacial score (nSPS) is 24.0.